The summed E-state index contributed by atoms with van der Waals surface area (Å²) in [6.07, 6.45) is 1.79. The summed E-state index contributed by atoms with van der Waals surface area (Å²) >= 11 is 0. The highest BCUT2D eigenvalue weighted by Crippen LogP contribution is 2.25. The minimum absolute atomic E-state index is 0.533. The molecule has 28 heavy (non-hydrogen) atoms. The Morgan fingerprint density at radius 1 is 0.857 bits per heavy atom. The molecule has 2 aromatic heterocycles. The van der Waals surface area contributed by atoms with Crippen LogP contribution >= 0.6 is 0 Å². The standard InChI is InChI=1S/C22H22N6/c1-15-14-20(25-17-9-11-18(12-10-17)28(2)3)27-22(24-15)26-19-8-4-6-16-7-5-13-23-21(16)19/h4-14H,1-3H3,(H2,24,25,26,27). The zero-order chi connectivity index (χ0) is 19.5. The molecule has 0 amide bonds. The molecular weight excluding hydrogens is 348 g/mol. The Morgan fingerprint density at radius 2 is 1.64 bits per heavy atom. The topological polar surface area (TPSA) is 66.0 Å². The van der Waals surface area contributed by atoms with Gasteiger partial charge in [0, 0.05) is 48.8 Å². The van der Waals surface area contributed by atoms with Crippen LogP contribution in [0.15, 0.2) is 66.9 Å². The number of fused-ring (bicyclic) bond motifs is 1. The van der Waals surface area contributed by atoms with Gasteiger partial charge in [-0.05, 0) is 43.3 Å². The molecule has 0 spiro atoms. The fraction of sp³-hybridized carbons (Fsp3) is 0.136. The number of anilines is 5. The van der Waals surface area contributed by atoms with Crippen LogP contribution < -0.4 is 15.5 Å². The predicted molar refractivity (Wildman–Crippen MR) is 116 cm³/mol. The number of hydrogen-bond acceptors (Lipinski definition) is 6. The maximum atomic E-state index is 4.62. The Morgan fingerprint density at radius 3 is 2.43 bits per heavy atom. The highest BCUT2D eigenvalue weighted by atomic mass is 15.1. The first-order chi connectivity index (χ1) is 13.6. The summed E-state index contributed by atoms with van der Waals surface area (Å²) in [5, 5.41) is 7.72. The molecule has 2 heterocycles. The minimum Gasteiger partial charge on any atom is -0.378 e. The van der Waals surface area contributed by atoms with Gasteiger partial charge in [0.15, 0.2) is 0 Å². The van der Waals surface area contributed by atoms with Crippen molar-refractivity contribution in [2.45, 2.75) is 6.92 Å². The van der Waals surface area contributed by atoms with E-state index in [1.165, 1.54) is 0 Å². The van der Waals surface area contributed by atoms with Gasteiger partial charge in [-0.1, -0.05) is 18.2 Å². The van der Waals surface area contributed by atoms with Gasteiger partial charge in [0.05, 0.1) is 11.2 Å². The fourth-order valence-electron chi connectivity index (χ4n) is 3.00. The van der Waals surface area contributed by atoms with Crippen LogP contribution in [-0.2, 0) is 0 Å². The molecule has 0 fully saturated rings. The average Bonchev–Trinajstić information content (AvgIpc) is 2.68. The normalized spacial score (nSPS) is 10.7. The summed E-state index contributed by atoms with van der Waals surface area (Å²) in [4.78, 5) is 15.7. The molecule has 0 aliphatic heterocycles. The molecule has 6 heteroatoms. The lowest BCUT2D eigenvalue weighted by atomic mass is 10.2. The van der Waals surface area contributed by atoms with Crippen LogP contribution in [0.5, 0.6) is 0 Å². The Kier molecular flexibility index (Phi) is 4.76. The molecule has 4 rings (SSSR count). The second kappa shape index (κ2) is 7.52. The van der Waals surface area contributed by atoms with E-state index in [0.29, 0.717) is 5.95 Å². The zero-order valence-corrected chi connectivity index (χ0v) is 16.1. The summed E-state index contributed by atoms with van der Waals surface area (Å²) in [5.74, 6) is 1.27. The number of nitrogens with one attached hydrogen (secondary N) is 2. The molecule has 0 saturated carbocycles. The molecule has 0 atom stereocenters. The van der Waals surface area contributed by atoms with Gasteiger partial charge in [-0.25, -0.2) is 4.98 Å². The highest BCUT2D eigenvalue weighted by molar-refractivity contribution is 5.91. The third-order valence-corrected chi connectivity index (χ3v) is 4.39. The molecule has 0 bridgehead atoms. The first-order valence-corrected chi connectivity index (χ1v) is 9.09. The molecule has 0 aliphatic carbocycles. The van der Waals surface area contributed by atoms with Crippen LogP contribution in [0.3, 0.4) is 0 Å². The van der Waals surface area contributed by atoms with Crippen LogP contribution in [0.4, 0.5) is 28.8 Å². The van der Waals surface area contributed by atoms with E-state index in [9.17, 15) is 0 Å². The number of aromatic nitrogens is 3. The van der Waals surface area contributed by atoms with Crippen molar-refractivity contribution < 1.29 is 0 Å². The SMILES string of the molecule is Cc1cc(Nc2ccc(N(C)C)cc2)nc(Nc2cccc3cccnc23)n1. The minimum atomic E-state index is 0.533. The van der Waals surface area contributed by atoms with Gasteiger partial charge < -0.3 is 15.5 Å². The van der Waals surface area contributed by atoms with Crippen LogP contribution in [0.2, 0.25) is 0 Å². The Balaban J connectivity index is 1.60. The molecule has 140 valence electrons. The van der Waals surface area contributed by atoms with Gasteiger partial charge in [0.25, 0.3) is 0 Å². The molecule has 0 unspecified atom stereocenters. The fourth-order valence-corrected chi connectivity index (χ4v) is 3.00. The lowest BCUT2D eigenvalue weighted by molar-refractivity contribution is 1.11. The van der Waals surface area contributed by atoms with E-state index in [0.717, 1.165) is 39.5 Å². The summed E-state index contributed by atoms with van der Waals surface area (Å²) in [5.41, 5.74) is 4.77. The third kappa shape index (κ3) is 3.86. The van der Waals surface area contributed by atoms with Gasteiger partial charge in [-0.3, -0.25) is 4.98 Å². The van der Waals surface area contributed by atoms with Crippen molar-refractivity contribution in [3.63, 3.8) is 0 Å². The molecule has 4 aromatic rings. The molecular formula is C22H22N6. The molecule has 0 radical (unpaired) electrons. The number of para-hydroxylation sites is 1. The lowest BCUT2D eigenvalue weighted by Crippen LogP contribution is -2.08. The van der Waals surface area contributed by atoms with Crippen LogP contribution in [-0.4, -0.2) is 29.0 Å². The van der Waals surface area contributed by atoms with E-state index >= 15 is 0 Å². The average molecular weight is 370 g/mol. The largest absolute Gasteiger partial charge is 0.378 e. The molecule has 6 nitrogen and oxygen atoms in total. The smallest absolute Gasteiger partial charge is 0.229 e. The van der Waals surface area contributed by atoms with E-state index in [-0.39, 0.29) is 0 Å². The van der Waals surface area contributed by atoms with Crippen molar-refractivity contribution in [1.29, 1.82) is 0 Å². The Labute approximate surface area is 164 Å². The quantitative estimate of drug-likeness (QED) is 0.522. The number of rotatable bonds is 5. The van der Waals surface area contributed by atoms with Crippen LogP contribution in [0.1, 0.15) is 5.69 Å². The van der Waals surface area contributed by atoms with Crippen molar-refractivity contribution in [3.05, 3.63) is 72.6 Å². The number of aryl methyl sites for hydroxylation is 1. The summed E-state index contributed by atoms with van der Waals surface area (Å²) in [6.45, 7) is 1.95. The number of benzene rings is 2. The first kappa shape index (κ1) is 17.7. The van der Waals surface area contributed by atoms with E-state index in [2.05, 4.69) is 42.6 Å². The summed E-state index contributed by atoms with van der Waals surface area (Å²) < 4.78 is 0. The molecule has 2 N–H and O–H groups in total. The number of hydrogen-bond donors (Lipinski definition) is 2. The molecule has 0 aliphatic rings. The van der Waals surface area contributed by atoms with Crippen molar-refractivity contribution in [1.82, 2.24) is 15.0 Å². The second-order valence-corrected chi connectivity index (χ2v) is 6.79. The van der Waals surface area contributed by atoms with Crippen LogP contribution in [0, 0.1) is 6.92 Å². The predicted octanol–water partition coefficient (Wildman–Crippen LogP) is 4.89. The Hall–Kier alpha value is -3.67. The maximum Gasteiger partial charge on any atom is 0.229 e. The van der Waals surface area contributed by atoms with Crippen molar-refractivity contribution in [3.8, 4) is 0 Å². The number of pyridine rings is 1. The lowest BCUT2D eigenvalue weighted by Gasteiger charge is -2.14. The van der Waals surface area contributed by atoms with E-state index < -0.39 is 0 Å². The summed E-state index contributed by atoms with van der Waals surface area (Å²) in [7, 11) is 4.05. The number of nitrogens with zero attached hydrogens (tertiary/aromatic N) is 4. The second-order valence-electron chi connectivity index (χ2n) is 6.79. The monoisotopic (exact) mass is 370 g/mol. The zero-order valence-electron chi connectivity index (χ0n) is 16.1. The van der Waals surface area contributed by atoms with Crippen LogP contribution in [0.25, 0.3) is 10.9 Å². The van der Waals surface area contributed by atoms with Crippen molar-refractivity contribution in [2.75, 3.05) is 29.6 Å². The first-order valence-electron chi connectivity index (χ1n) is 9.09. The van der Waals surface area contributed by atoms with E-state index in [1.807, 2.05) is 69.6 Å². The van der Waals surface area contributed by atoms with Gasteiger partial charge >= 0.3 is 0 Å². The van der Waals surface area contributed by atoms with E-state index in [1.54, 1.807) is 6.20 Å². The molecule has 2 aromatic carbocycles. The van der Waals surface area contributed by atoms with Crippen molar-refractivity contribution in [2.24, 2.45) is 0 Å². The Bertz CT molecular complexity index is 1100. The van der Waals surface area contributed by atoms with Gasteiger partial charge in [-0.15, -0.1) is 0 Å². The maximum absolute atomic E-state index is 4.62. The van der Waals surface area contributed by atoms with E-state index in [4.69, 9.17) is 0 Å². The third-order valence-electron chi connectivity index (χ3n) is 4.39. The van der Waals surface area contributed by atoms with Gasteiger partial charge in [0.2, 0.25) is 5.95 Å². The highest BCUT2D eigenvalue weighted by Gasteiger charge is 2.07. The molecule has 0 saturated heterocycles. The summed E-state index contributed by atoms with van der Waals surface area (Å²) in [6, 6.07) is 20.1. The van der Waals surface area contributed by atoms with Crippen molar-refractivity contribution >= 4 is 39.7 Å². The van der Waals surface area contributed by atoms with Gasteiger partial charge in [-0.2, -0.15) is 4.98 Å². The van der Waals surface area contributed by atoms with Gasteiger partial charge in [0.1, 0.15) is 5.82 Å².